The third-order valence-corrected chi connectivity index (χ3v) is 8.07. The molecule has 0 spiro atoms. The first-order valence-electron chi connectivity index (χ1n) is 10.5. The summed E-state index contributed by atoms with van der Waals surface area (Å²) in [5.41, 5.74) is 1.41. The molecule has 3 aliphatic rings. The summed E-state index contributed by atoms with van der Waals surface area (Å²) in [6.07, 6.45) is 0. The van der Waals surface area contributed by atoms with Crippen LogP contribution in [0.5, 0.6) is 0 Å². The first-order valence-corrected chi connectivity index (χ1v) is 12.9. The monoisotopic (exact) mass is 476 g/mol. The van der Waals surface area contributed by atoms with Crippen LogP contribution in [0.15, 0.2) is 44.0 Å². The maximum Gasteiger partial charge on any atom is 0.257 e. The summed E-state index contributed by atoms with van der Waals surface area (Å²) in [5.74, 6) is 1.47. The van der Waals surface area contributed by atoms with Gasteiger partial charge in [0.2, 0.25) is 0 Å². The molecular weight excluding hydrogens is 452 g/mol. The molecule has 32 heavy (non-hydrogen) atoms. The number of carbonyl (C=O) groups excluding carboxylic acids is 1. The van der Waals surface area contributed by atoms with Crippen LogP contribution in [0.3, 0.4) is 0 Å². The van der Waals surface area contributed by atoms with Gasteiger partial charge in [-0.15, -0.1) is 4.40 Å². The number of morpholine rings is 1. The first-order chi connectivity index (χ1) is 15.4. The average molecular weight is 477 g/mol. The van der Waals surface area contributed by atoms with Crippen molar-refractivity contribution in [3.8, 4) is 0 Å². The van der Waals surface area contributed by atoms with Gasteiger partial charge >= 0.3 is 0 Å². The standard InChI is InChI=1S/C21H24N4O5S2/c1-14-2-5-18(30-14)17(24-6-9-29-10-7-24)13-22-20(26)15-3-4-16-19(12-15)31-21-23-32(27,28)11-8-25(16)21/h2-5,12,17H,6-11,13H2,1H3,(H,22,26). The summed E-state index contributed by atoms with van der Waals surface area (Å²) in [4.78, 5) is 17.9. The van der Waals surface area contributed by atoms with Gasteiger partial charge in [-0.3, -0.25) is 9.69 Å². The van der Waals surface area contributed by atoms with Crippen LogP contribution in [0.2, 0.25) is 0 Å². The van der Waals surface area contributed by atoms with E-state index in [1.165, 1.54) is 11.8 Å². The van der Waals surface area contributed by atoms with Crippen molar-refractivity contribution in [3.63, 3.8) is 0 Å². The highest BCUT2D eigenvalue weighted by molar-refractivity contribution is 8.15. The SMILES string of the molecule is Cc1ccc(C(CNC(=O)c2ccc3c(c2)SC2=NS(=O)(=O)CCN23)N2CCOCC2)o1. The lowest BCUT2D eigenvalue weighted by atomic mass is 10.1. The lowest BCUT2D eigenvalue weighted by Gasteiger charge is -2.33. The van der Waals surface area contributed by atoms with E-state index in [9.17, 15) is 13.2 Å². The molecule has 1 aromatic heterocycles. The summed E-state index contributed by atoms with van der Waals surface area (Å²) in [5, 5.41) is 3.49. The minimum atomic E-state index is -3.41. The second-order valence-electron chi connectivity index (χ2n) is 7.92. The van der Waals surface area contributed by atoms with Crippen LogP contribution >= 0.6 is 11.8 Å². The number of aryl methyl sites for hydroxylation is 1. The molecule has 1 N–H and O–H groups in total. The van der Waals surface area contributed by atoms with Crippen molar-refractivity contribution in [1.82, 2.24) is 10.2 Å². The second kappa shape index (κ2) is 8.54. The van der Waals surface area contributed by atoms with Crippen molar-refractivity contribution in [2.75, 3.05) is 50.0 Å². The van der Waals surface area contributed by atoms with Gasteiger partial charge in [0.25, 0.3) is 15.9 Å². The molecule has 1 fully saturated rings. The molecule has 1 saturated heterocycles. The maximum atomic E-state index is 13.0. The Balaban J connectivity index is 1.31. The number of rotatable bonds is 5. The molecule has 1 aromatic carbocycles. The van der Waals surface area contributed by atoms with E-state index in [4.69, 9.17) is 9.15 Å². The number of amidine groups is 1. The molecule has 0 radical (unpaired) electrons. The molecule has 11 heteroatoms. The molecule has 0 aliphatic carbocycles. The van der Waals surface area contributed by atoms with Crippen molar-refractivity contribution < 1.29 is 22.4 Å². The van der Waals surface area contributed by atoms with Crippen molar-refractivity contribution in [3.05, 3.63) is 47.4 Å². The summed E-state index contributed by atoms with van der Waals surface area (Å²) >= 11 is 1.28. The Hall–Kier alpha value is -2.34. The lowest BCUT2D eigenvalue weighted by molar-refractivity contribution is 0.0117. The number of nitrogens with zero attached hydrogens (tertiary/aromatic N) is 3. The van der Waals surface area contributed by atoms with Gasteiger partial charge in [-0.2, -0.15) is 0 Å². The largest absolute Gasteiger partial charge is 0.465 e. The Kier molecular flexibility index (Phi) is 5.74. The molecule has 2 aromatic rings. The van der Waals surface area contributed by atoms with E-state index in [2.05, 4.69) is 14.6 Å². The van der Waals surface area contributed by atoms with Crippen molar-refractivity contribution in [2.24, 2.45) is 4.40 Å². The van der Waals surface area contributed by atoms with Crippen molar-refractivity contribution in [1.29, 1.82) is 0 Å². The molecule has 0 saturated carbocycles. The molecule has 5 rings (SSSR count). The van der Waals surface area contributed by atoms with Crippen LogP contribution in [0.4, 0.5) is 5.69 Å². The number of anilines is 1. The molecule has 170 valence electrons. The molecule has 0 bridgehead atoms. The number of fused-ring (bicyclic) bond motifs is 3. The van der Waals surface area contributed by atoms with Crippen LogP contribution in [0, 0.1) is 6.92 Å². The third-order valence-electron chi connectivity index (χ3n) is 5.77. The highest BCUT2D eigenvalue weighted by Crippen LogP contribution is 2.42. The molecule has 4 heterocycles. The number of hydrogen-bond donors (Lipinski definition) is 1. The van der Waals surface area contributed by atoms with Crippen LogP contribution in [0.1, 0.15) is 27.9 Å². The highest BCUT2D eigenvalue weighted by Gasteiger charge is 2.33. The summed E-state index contributed by atoms with van der Waals surface area (Å²) in [6, 6.07) is 9.23. The predicted molar refractivity (Wildman–Crippen MR) is 122 cm³/mol. The number of ether oxygens (including phenoxy) is 1. The Morgan fingerprint density at radius 3 is 2.78 bits per heavy atom. The van der Waals surface area contributed by atoms with Crippen LogP contribution in [-0.2, 0) is 14.8 Å². The minimum Gasteiger partial charge on any atom is -0.465 e. The quantitative estimate of drug-likeness (QED) is 0.699. The second-order valence-corrected chi connectivity index (χ2v) is 10.7. The van der Waals surface area contributed by atoms with Gasteiger partial charge in [0, 0.05) is 36.6 Å². The zero-order valence-corrected chi connectivity index (χ0v) is 19.2. The fourth-order valence-electron chi connectivity index (χ4n) is 4.09. The maximum absolute atomic E-state index is 13.0. The molecule has 1 atom stereocenters. The van der Waals surface area contributed by atoms with Gasteiger partial charge < -0.3 is 19.4 Å². The number of furan rings is 1. The van der Waals surface area contributed by atoms with E-state index in [-0.39, 0.29) is 17.7 Å². The summed E-state index contributed by atoms with van der Waals surface area (Å²) in [7, 11) is -3.41. The zero-order valence-electron chi connectivity index (χ0n) is 17.6. The Morgan fingerprint density at radius 2 is 2.03 bits per heavy atom. The van der Waals surface area contributed by atoms with E-state index < -0.39 is 10.0 Å². The third kappa shape index (κ3) is 4.29. The van der Waals surface area contributed by atoms with Crippen molar-refractivity contribution in [2.45, 2.75) is 17.9 Å². The number of sulfonamides is 1. The van der Waals surface area contributed by atoms with E-state index in [1.807, 2.05) is 30.0 Å². The zero-order chi connectivity index (χ0) is 22.3. The van der Waals surface area contributed by atoms with Gasteiger partial charge in [-0.25, -0.2) is 8.42 Å². The summed E-state index contributed by atoms with van der Waals surface area (Å²) < 4.78 is 38.8. The fraction of sp³-hybridized carbons (Fsp3) is 0.429. The van der Waals surface area contributed by atoms with E-state index in [1.54, 1.807) is 12.1 Å². The predicted octanol–water partition coefficient (Wildman–Crippen LogP) is 2.00. The highest BCUT2D eigenvalue weighted by atomic mass is 32.2. The molecular formula is C21H24N4O5S2. The van der Waals surface area contributed by atoms with Crippen LogP contribution in [0.25, 0.3) is 0 Å². The Labute approximate surface area is 190 Å². The molecule has 1 amide bonds. The number of hydrogen-bond acceptors (Lipinski definition) is 8. The van der Waals surface area contributed by atoms with Gasteiger partial charge in [-0.1, -0.05) is 0 Å². The van der Waals surface area contributed by atoms with Crippen LogP contribution in [-0.4, -0.2) is 69.5 Å². The molecule has 3 aliphatic heterocycles. The molecule has 9 nitrogen and oxygen atoms in total. The van der Waals surface area contributed by atoms with Crippen LogP contribution < -0.4 is 10.2 Å². The fourth-order valence-corrected chi connectivity index (χ4v) is 6.39. The van der Waals surface area contributed by atoms with E-state index in [0.29, 0.717) is 37.0 Å². The van der Waals surface area contributed by atoms with E-state index >= 15 is 0 Å². The Bertz CT molecular complexity index is 1170. The number of thioether (sulfide) groups is 1. The number of amides is 1. The number of nitrogens with one attached hydrogen (secondary N) is 1. The topological polar surface area (TPSA) is 104 Å². The van der Waals surface area contributed by atoms with E-state index in [0.717, 1.165) is 35.2 Å². The minimum absolute atomic E-state index is 0.00603. The normalized spacial score (nSPS) is 20.9. The summed E-state index contributed by atoms with van der Waals surface area (Å²) in [6.45, 7) is 5.55. The van der Waals surface area contributed by atoms with Crippen molar-refractivity contribution >= 4 is 38.5 Å². The van der Waals surface area contributed by atoms with Gasteiger partial charge in [0.15, 0.2) is 5.17 Å². The lowest BCUT2D eigenvalue weighted by Crippen LogP contribution is -2.43. The van der Waals surface area contributed by atoms with Gasteiger partial charge in [-0.05, 0) is 49.0 Å². The Morgan fingerprint density at radius 1 is 1.22 bits per heavy atom. The number of carbonyl (C=O) groups is 1. The smallest absolute Gasteiger partial charge is 0.257 e. The molecule has 1 unspecified atom stereocenters. The first kappa shape index (κ1) is 21.5. The number of benzene rings is 1. The average Bonchev–Trinajstić information content (AvgIpc) is 3.35. The van der Waals surface area contributed by atoms with Gasteiger partial charge in [0.1, 0.15) is 11.5 Å². The van der Waals surface area contributed by atoms with Gasteiger partial charge in [0.05, 0.1) is 30.7 Å².